The van der Waals surface area contributed by atoms with Gasteiger partial charge in [-0.05, 0) is 43.3 Å². The summed E-state index contributed by atoms with van der Waals surface area (Å²) in [5, 5.41) is 2.47. The molecule has 0 heterocycles. The Morgan fingerprint density at radius 2 is 1.80 bits per heavy atom. The van der Waals surface area contributed by atoms with Crippen LogP contribution in [0.3, 0.4) is 0 Å². The molecule has 9 heteroatoms. The number of benzene rings is 2. The molecule has 0 radical (unpaired) electrons. The second kappa shape index (κ2) is 7.97. The second-order valence-electron chi connectivity index (χ2n) is 5.01. The lowest BCUT2D eigenvalue weighted by Gasteiger charge is -2.08. The average Bonchev–Trinajstić information content (AvgIpc) is 2.55. The molecule has 25 heavy (non-hydrogen) atoms. The van der Waals surface area contributed by atoms with Crippen LogP contribution in [0.1, 0.15) is 17.3 Å². The zero-order valence-corrected chi connectivity index (χ0v) is 14.0. The quantitative estimate of drug-likeness (QED) is 0.575. The zero-order valence-electron chi connectivity index (χ0n) is 13.2. The lowest BCUT2D eigenvalue weighted by molar-refractivity contribution is -0.121. The van der Waals surface area contributed by atoms with E-state index < -0.39 is 28.4 Å². The van der Waals surface area contributed by atoms with Crippen LogP contribution in [0.5, 0.6) is 0 Å². The molecule has 0 aliphatic heterocycles. The Kier molecular flexibility index (Phi) is 5.97. The summed E-state index contributed by atoms with van der Waals surface area (Å²) in [5.41, 5.74) is 0.804. The molecule has 0 spiro atoms. The normalized spacial score (nSPS) is 11.1. The van der Waals surface area contributed by atoms with E-state index >= 15 is 0 Å². The molecule has 0 aliphatic rings. The van der Waals surface area contributed by atoms with Gasteiger partial charge in [0, 0.05) is 11.3 Å². The maximum atomic E-state index is 12.8. The van der Waals surface area contributed by atoms with Crippen molar-refractivity contribution >= 4 is 27.4 Å². The molecule has 132 valence electrons. The summed E-state index contributed by atoms with van der Waals surface area (Å²) in [6.07, 6.45) is 0. The van der Waals surface area contributed by atoms with Crippen molar-refractivity contribution in [2.75, 3.05) is 11.9 Å². The summed E-state index contributed by atoms with van der Waals surface area (Å²) < 4.78 is 36.5. The topological polar surface area (TPSA) is 102 Å². The van der Waals surface area contributed by atoms with Crippen LogP contribution in [-0.4, -0.2) is 26.7 Å². The number of ketones is 1. The predicted octanol–water partition coefficient (Wildman–Crippen LogP) is 1.88. The van der Waals surface area contributed by atoms with E-state index in [0.717, 1.165) is 24.3 Å². The Morgan fingerprint density at radius 3 is 2.44 bits per heavy atom. The van der Waals surface area contributed by atoms with Gasteiger partial charge in [-0.1, -0.05) is 17.0 Å². The number of anilines is 1. The van der Waals surface area contributed by atoms with E-state index in [0.29, 0.717) is 11.3 Å². The number of Topliss-reactive ketones (excluding diaryl/α,β-unsaturated/α-hetero) is 1. The molecule has 0 saturated heterocycles. The van der Waals surface area contributed by atoms with Crippen molar-refractivity contribution in [3.63, 3.8) is 0 Å². The molecule has 0 aromatic heterocycles. The summed E-state index contributed by atoms with van der Waals surface area (Å²) >= 11 is 0. The van der Waals surface area contributed by atoms with Gasteiger partial charge in [0.1, 0.15) is 12.4 Å². The minimum Gasteiger partial charge on any atom is -0.324 e. The SMILES string of the molecule is CC(=O)c1cccc(NC(=O)CONS(=O)(=O)c2ccc(F)cc2)c1. The van der Waals surface area contributed by atoms with E-state index in [-0.39, 0.29) is 10.7 Å². The average molecular weight is 366 g/mol. The highest BCUT2D eigenvalue weighted by Gasteiger charge is 2.15. The van der Waals surface area contributed by atoms with Crippen molar-refractivity contribution < 1.29 is 27.2 Å². The van der Waals surface area contributed by atoms with E-state index in [1.54, 1.807) is 23.1 Å². The molecule has 7 nitrogen and oxygen atoms in total. The number of carbonyl (C=O) groups is 2. The molecule has 2 aromatic rings. The van der Waals surface area contributed by atoms with Crippen LogP contribution in [0, 0.1) is 5.82 Å². The minimum atomic E-state index is -4.03. The maximum absolute atomic E-state index is 12.8. The third kappa shape index (κ3) is 5.45. The van der Waals surface area contributed by atoms with Crippen molar-refractivity contribution in [3.05, 3.63) is 59.9 Å². The van der Waals surface area contributed by atoms with Crippen LogP contribution in [-0.2, 0) is 19.7 Å². The number of amides is 1. The fourth-order valence-corrected chi connectivity index (χ4v) is 2.65. The summed E-state index contributed by atoms with van der Waals surface area (Å²) in [6.45, 7) is 0.805. The largest absolute Gasteiger partial charge is 0.324 e. The Hall–Kier alpha value is -2.62. The summed E-state index contributed by atoms with van der Waals surface area (Å²) in [7, 11) is -4.03. The highest BCUT2D eigenvalue weighted by molar-refractivity contribution is 7.89. The maximum Gasteiger partial charge on any atom is 0.262 e. The van der Waals surface area contributed by atoms with Crippen molar-refractivity contribution in [1.29, 1.82) is 0 Å². The molecule has 2 aromatic carbocycles. The van der Waals surface area contributed by atoms with E-state index in [1.165, 1.54) is 13.0 Å². The van der Waals surface area contributed by atoms with Crippen LogP contribution in [0.2, 0.25) is 0 Å². The molecule has 0 atom stereocenters. The highest BCUT2D eigenvalue weighted by Crippen LogP contribution is 2.11. The molecular formula is C16H15FN2O5S. The number of nitrogens with one attached hydrogen (secondary N) is 2. The van der Waals surface area contributed by atoms with Crippen molar-refractivity contribution in [2.45, 2.75) is 11.8 Å². The fraction of sp³-hybridized carbons (Fsp3) is 0.125. The first-order valence-electron chi connectivity index (χ1n) is 7.08. The van der Waals surface area contributed by atoms with Crippen LogP contribution >= 0.6 is 0 Å². The molecule has 0 unspecified atom stereocenters. The summed E-state index contributed by atoms with van der Waals surface area (Å²) in [4.78, 5) is 29.3. The van der Waals surface area contributed by atoms with Gasteiger partial charge < -0.3 is 5.32 Å². The first-order valence-corrected chi connectivity index (χ1v) is 8.56. The van der Waals surface area contributed by atoms with Gasteiger partial charge in [-0.25, -0.2) is 12.8 Å². The molecule has 1 amide bonds. The van der Waals surface area contributed by atoms with Crippen LogP contribution in [0.25, 0.3) is 0 Å². The monoisotopic (exact) mass is 366 g/mol. The third-order valence-electron chi connectivity index (χ3n) is 3.05. The number of hydrogen-bond acceptors (Lipinski definition) is 5. The summed E-state index contributed by atoms with van der Waals surface area (Å²) in [5.74, 6) is -1.35. The van der Waals surface area contributed by atoms with Gasteiger partial charge in [0.25, 0.3) is 15.9 Å². The van der Waals surface area contributed by atoms with Crippen LogP contribution < -0.4 is 10.2 Å². The van der Waals surface area contributed by atoms with Gasteiger partial charge in [-0.15, -0.1) is 0 Å². The molecule has 0 saturated carbocycles. The molecule has 2 rings (SSSR count). The number of carbonyl (C=O) groups excluding carboxylic acids is 2. The zero-order chi connectivity index (χ0) is 18.4. The van der Waals surface area contributed by atoms with E-state index in [1.807, 2.05) is 0 Å². The van der Waals surface area contributed by atoms with Gasteiger partial charge in [0.05, 0.1) is 4.90 Å². The van der Waals surface area contributed by atoms with Crippen molar-refractivity contribution in [3.8, 4) is 0 Å². The highest BCUT2D eigenvalue weighted by atomic mass is 32.2. The third-order valence-corrected chi connectivity index (χ3v) is 4.28. The standard InChI is InChI=1S/C16H15FN2O5S/c1-11(20)12-3-2-4-14(9-12)18-16(21)10-24-19-25(22,23)15-7-5-13(17)6-8-15/h2-9,19H,10H2,1H3,(H,18,21). The van der Waals surface area contributed by atoms with Gasteiger partial charge >= 0.3 is 0 Å². The van der Waals surface area contributed by atoms with E-state index in [2.05, 4.69) is 10.2 Å². The van der Waals surface area contributed by atoms with Gasteiger partial charge in [-0.3, -0.25) is 14.4 Å². The Morgan fingerprint density at radius 1 is 1.12 bits per heavy atom. The lowest BCUT2D eigenvalue weighted by atomic mass is 10.1. The minimum absolute atomic E-state index is 0.153. The molecule has 0 fully saturated rings. The molecule has 0 aliphatic carbocycles. The van der Waals surface area contributed by atoms with Crippen molar-refractivity contribution in [1.82, 2.24) is 4.89 Å². The number of sulfonamides is 1. The van der Waals surface area contributed by atoms with Crippen LogP contribution in [0.4, 0.5) is 10.1 Å². The Balaban J connectivity index is 1.89. The van der Waals surface area contributed by atoms with Crippen molar-refractivity contribution in [2.24, 2.45) is 0 Å². The first kappa shape index (κ1) is 18.7. The van der Waals surface area contributed by atoms with Gasteiger partial charge in [0.2, 0.25) is 0 Å². The van der Waals surface area contributed by atoms with Crippen LogP contribution in [0.15, 0.2) is 53.4 Å². The predicted molar refractivity (Wildman–Crippen MR) is 87.7 cm³/mol. The van der Waals surface area contributed by atoms with Gasteiger partial charge in [-0.2, -0.15) is 0 Å². The fourth-order valence-electron chi connectivity index (χ4n) is 1.85. The Labute approximate surface area is 143 Å². The number of halogens is 1. The van der Waals surface area contributed by atoms with Gasteiger partial charge in [0.15, 0.2) is 5.78 Å². The first-order chi connectivity index (χ1) is 11.8. The number of rotatable bonds is 7. The second-order valence-corrected chi connectivity index (χ2v) is 6.66. The van der Waals surface area contributed by atoms with E-state index in [9.17, 15) is 22.4 Å². The lowest BCUT2D eigenvalue weighted by Crippen LogP contribution is -2.29. The molecule has 0 bridgehead atoms. The molecule has 2 N–H and O–H groups in total. The smallest absolute Gasteiger partial charge is 0.262 e. The Bertz CT molecular complexity index is 882. The summed E-state index contributed by atoms with van der Waals surface area (Å²) in [6, 6.07) is 10.4. The molecular weight excluding hydrogens is 351 g/mol. The van der Waals surface area contributed by atoms with E-state index in [4.69, 9.17) is 0 Å². The number of hydrogen-bond donors (Lipinski definition) is 2.